The van der Waals surface area contributed by atoms with Crippen LogP contribution in [0.1, 0.15) is 24.8 Å². The molecule has 22 heavy (non-hydrogen) atoms. The van der Waals surface area contributed by atoms with Crippen LogP contribution in [0.15, 0.2) is 24.3 Å². The monoisotopic (exact) mass is 323 g/mol. The van der Waals surface area contributed by atoms with Gasteiger partial charge in [0.15, 0.2) is 0 Å². The molecule has 1 atom stereocenters. The number of halogens is 1. The summed E-state index contributed by atoms with van der Waals surface area (Å²) < 4.78 is 0. The average Bonchev–Trinajstić information content (AvgIpc) is 2.53. The molecule has 3 amide bonds. The smallest absolute Gasteiger partial charge is 0.314 e. The molecule has 1 fully saturated rings. The third kappa shape index (κ3) is 4.91. The zero-order valence-corrected chi connectivity index (χ0v) is 13.3. The number of carbonyl (C=O) groups is 2. The summed E-state index contributed by atoms with van der Waals surface area (Å²) in [6.45, 7) is 1.71. The fourth-order valence-corrected chi connectivity index (χ4v) is 2.82. The van der Waals surface area contributed by atoms with Crippen molar-refractivity contribution in [3.63, 3.8) is 0 Å². The lowest BCUT2D eigenvalue weighted by atomic mass is 9.97. The van der Waals surface area contributed by atoms with E-state index in [-0.39, 0.29) is 11.8 Å². The standard InChI is InChI=1S/C16H22ClN3O2/c17-14-7-5-12(6-8-14)3-1-9-19-15(21)13-4-2-10-20(11-13)16(18)22/h5-8,13H,1-4,9-11H2,(H2,18,22)(H,19,21)/t13-/m1/s1. The maximum absolute atomic E-state index is 12.1. The van der Waals surface area contributed by atoms with Crippen molar-refractivity contribution in [1.82, 2.24) is 10.2 Å². The molecule has 0 aliphatic carbocycles. The highest BCUT2D eigenvalue weighted by Gasteiger charge is 2.26. The number of aryl methyl sites for hydroxylation is 1. The van der Waals surface area contributed by atoms with E-state index in [1.807, 2.05) is 24.3 Å². The average molecular weight is 324 g/mol. The summed E-state index contributed by atoms with van der Waals surface area (Å²) in [6, 6.07) is 7.29. The van der Waals surface area contributed by atoms with Crippen LogP contribution in [-0.4, -0.2) is 36.5 Å². The Morgan fingerprint density at radius 3 is 2.73 bits per heavy atom. The fraction of sp³-hybridized carbons (Fsp3) is 0.500. The first-order valence-corrected chi connectivity index (χ1v) is 8.00. The Morgan fingerprint density at radius 2 is 2.05 bits per heavy atom. The molecular weight excluding hydrogens is 302 g/mol. The van der Waals surface area contributed by atoms with Crippen molar-refractivity contribution in [2.75, 3.05) is 19.6 Å². The zero-order chi connectivity index (χ0) is 15.9. The number of piperidine rings is 1. The van der Waals surface area contributed by atoms with Crippen LogP contribution in [0, 0.1) is 5.92 Å². The Bertz CT molecular complexity index is 519. The SMILES string of the molecule is NC(=O)N1CCC[C@@H](C(=O)NCCCc2ccc(Cl)cc2)C1. The highest BCUT2D eigenvalue weighted by molar-refractivity contribution is 6.30. The number of nitrogens with zero attached hydrogens (tertiary/aromatic N) is 1. The maximum atomic E-state index is 12.1. The maximum Gasteiger partial charge on any atom is 0.314 e. The summed E-state index contributed by atoms with van der Waals surface area (Å²) >= 11 is 5.84. The molecule has 1 heterocycles. The third-order valence-electron chi connectivity index (χ3n) is 3.96. The molecule has 6 heteroatoms. The van der Waals surface area contributed by atoms with Crippen LogP contribution < -0.4 is 11.1 Å². The molecule has 1 aliphatic heterocycles. The number of primary amides is 1. The first-order valence-electron chi connectivity index (χ1n) is 7.63. The molecule has 0 radical (unpaired) electrons. The molecule has 120 valence electrons. The molecule has 0 aromatic heterocycles. The molecule has 0 bridgehead atoms. The molecule has 0 spiro atoms. The van der Waals surface area contributed by atoms with Crippen LogP contribution >= 0.6 is 11.6 Å². The Kier molecular flexibility index (Phi) is 6.07. The van der Waals surface area contributed by atoms with E-state index < -0.39 is 6.03 Å². The van der Waals surface area contributed by atoms with Crippen molar-refractivity contribution in [2.45, 2.75) is 25.7 Å². The van der Waals surface area contributed by atoms with Crippen molar-refractivity contribution in [1.29, 1.82) is 0 Å². The number of nitrogens with two attached hydrogens (primary N) is 1. The van der Waals surface area contributed by atoms with E-state index in [0.29, 0.717) is 19.6 Å². The van der Waals surface area contributed by atoms with Gasteiger partial charge >= 0.3 is 6.03 Å². The van der Waals surface area contributed by atoms with Gasteiger partial charge in [-0.3, -0.25) is 4.79 Å². The van der Waals surface area contributed by atoms with Gasteiger partial charge in [0.1, 0.15) is 0 Å². The number of nitrogens with one attached hydrogen (secondary N) is 1. The topological polar surface area (TPSA) is 75.4 Å². The Hall–Kier alpha value is -1.75. The summed E-state index contributed by atoms with van der Waals surface area (Å²) in [4.78, 5) is 24.8. The van der Waals surface area contributed by atoms with Crippen LogP contribution in [0.2, 0.25) is 5.02 Å². The molecule has 0 unspecified atom stereocenters. The largest absolute Gasteiger partial charge is 0.356 e. The predicted molar refractivity (Wildman–Crippen MR) is 86.7 cm³/mol. The first-order chi connectivity index (χ1) is 10.6. The van der Waals surface area contributed by atoms with Gasteiger partial charge < -0.3 is 16.0 Å². The summed E-state index contributed by atoms with van der Waals surface area (Å²) in [5, 5.41) is 3.68. The number of amides is 3. The van der Waals surface area contributed by atoms with E-state index in [4.69, 9.17) is 17.3 Å². The van der Waals surface area contributed by atoms with Crippen molar-refractivity contribution >= 4 is 23.5 Å². The van der Waals surface area contributed by atoms with Gasteiger partial charge in [0.05, 0.1) is 5.92 Å². The summed E-state index contributed by atoms with van der Waals surface area (Å²) in [5.74, 6) is -0.126. The minimum absolute atomic E-state index is 0.0158. The lowest BCUT2D eigenvalue weighted by Crippen LogP contribution is -2.47. The second-order valence-corrected chi connectivity index (χ2v) is 6.08. The predicted octanol–water partition coefficient (Wildman–Crippen LogP) is 2.18. The van der Waals surface area contributed by atoms with Gasteiger partial charge in [-0.1, -0.05) is 23.7 Å². The van der Waals surface area contributed by atoms with Crippen LogP contribution in [0.25, 0.3) is 0 Å². The fourth-order valence-electron chi connectivity index (χ4n) is 2.69. The van der Waals surface area contributed by atoms with Gasteiger partial charge in [0.2, 0.25) is 5.91 Å². The quantitative estimate of drug-likeness (QED) is 0.815. The molecule has 1 aromatic rings. The Balaban J connectivity index is 1.69. The van der Waals surface area contributed by atoms with E-state index in [2.05, 4.69) is 5.32 Å². The normalized spacial score (nSPS) is 18.0. The minimum Gasteiger partial charge on any atom is -0.356 e. The summed E-state index contributed by atoms with van der Waals surface area (Å²) in [7, 11) is 0. The minimum atomic E-state index is -0.444. The molecule has 0 saturated carbocycles. The van der Waals surface area contributed by atoms with Crippen LogP contribution in [-0.2, 0) is 11.2 Å². The molecule has 1 aromatic carbocycles. The van der Waals surface area contributed by atoms with E-state index in [1.165, 1.54) is 5.56 Å². The molecular formula is C16H22ClN3O2. The second-order valence-electron chi connectivity index (χ2n) is 5.64. The summed E-state index contributed by atoms with van der Waals surface area (Å²) in [6.07, 6.45) is 3.41. The van der Waals surface area contributed by atoms with Gasteiger partial charge in [-0.25, -0.2) is 4.79 Å². The molecule has 5 nitrogen and oxygen atoms in total. The van der Waals surface area contributed by atoms with Gasteiger partial charge in [-0.05, 0) is 43.4 Å². The number of urea groups is 1. The number of rotatable bonds is 5. The van der Waals surface area contributed by atoms with Gasteiger partial charge in [-0.2, -0.15) is 0 Å². The molecule has 3 N–H and O–H groups in total. The number of hydrogen-bond acceptors (Lipinski definition) is 2. The van der Waals surface area contributed by atoms with Crippen molar-refractivity contribution in [3.05, 3.63) is 34.9 Å². The van der Waals surface area contributed by atoms with Crippen molar-refractivity contribution in [3.8, 4) is 0 Å². The Labute approximate surface area is 135 Å². The first kappa shape index (κ1) is 16.6. The highest BCUT2D eigenvalue weighted by Crippen LogP contribution is 2.16. The molecule has 2 rings (SSSR count). The van der Waals surface area contributed by atoms with Crippen LogP contribution in [0.3, 0.4) is 0 Å². The van der Waals surface area contributed by atoms with E-state index in [9.17, 15) is 9.59 Å². The van der Waals surface area contributed by atoms with Crippen molar-refractivity contribution < 1.29 is 9.59 Å². The zero-order valence-electron chi connectivity index (χ0n) is 12.6. The van der Waals surface area contributed by atoms with E-state index in [1.54, 1.807) is 4.90 Å². The van der Waals surface area contributed by atoms with Gasteiger partial charge in [0, 0.05) is 24.7 Å². The lowest BCUT2D eigenvalue weighted by molar-refractivity contribution is -0.126. The van der Waals surface area contributed by atoms with E-state index >= 15 is 0 Å². The Morgan fingerprint density at radius 1 is 1.32 bits per heavy atom. The van der Waals surface area contributed by atoms with Crippen LogP contribution in [0.4, 0.5) is 4.79 Å². The van der Waals surface area contributed by atoms with Crippen molar-refractivity contribution in [2.24, 2.45) is 11.7 Å². The van der Waals surface area contributed by atoms with Gasteiger partial charge in [0.25, 0.3) is 0 Å². The van der Waals surface area contributed by atoms with Gasteiger partial charge in [-0.15, -0.1) is 0 Å². The lowest BCUT2D eigenvalue weighted by Gasteiger charge is -2.30. The summed E-state index contributed by atoms with van der Waals surface area (Å²) in [5.41, 5.74) is 6.48. The van der Waals surface area contributed by atoms with E-state index in [0.717, 1.165) is 30.7 Å². The van der Waals surface area contributed by atoms with Crippen LogP contribution in [0.5, 0.6) is 0 Å². The third-order valence-corrected chi connectivity index (χ3v) is 4.21. The second kappa shape index (κ2) is 8.03. The number of likely N-dealkylation sites (tertiary alicyclic amines) is 1. The molecule has 1 saturated heterocycles. The number of carbonyl (C=O) groups excluding carboxylic acids is 2. The number of benzene rings is 1. The molecule has 1 aliphatic rings. The number of hydrogen-bond donors (Lipinski definition) is 2. The highest BCUT2D eigenvalue weighted by atomic mass is 35.5.